The zero-order valence-electron chi connectivity index (χ0n) is 14.1. The van der Waals surface area contributed by atoms with E-state index in [9.17, 15) is 4.39 Å². The third-order valence-corrected chi connectivity index (χ3v) is 5.54. The first-order valence-corrected chi connectivity index (χ1v) is 9.29. The van der Waals surface area contributed by atoms with Crippen molar-refractivity contribution in [3.63, 3.8) is 0 Å². The van der Waals surface area contributed by atoms with E-state index in [1.165, 1.54) is 25.3 Å². The molecular weight excluding hydrogens is 305 g/mol. The molecule has 24 heavy (non-hydrogen) atoms. The van der Waals surface area contributed by atoms with Crippen LogP contribution in [-0.2, 0) is 0 Å². The minimum absolute atomic E-state index is 0.209. The molecule has 1 aromatic carbocycles. The SMILES string of the molecule is Fc1cc(OC2CCN(C3CCC3)CC2)ccc1C1=NNCCC1. The maximum Gasteiger partial charge on any atom is 0.136 e. The second kappa shape index (κ2) is 7.09. The fraction of sp³-hybridized carbons (Fsp3) is 0.632. The van der Waals surface area contributed by atoms with Crippen LogP contribution in [-0.4, -0.2) is 42.4 Å². The smallest absolute Gasteiger partial charge is 0.136 e. The Balaban J connectivity index is 1.35. The molecule has 0 aromatic heterocycles. The average Bonchev–Trinajstić information content (AvgIpc) is 2.56. The van der Waals surface area contributed by atoms with Gasteiger partial charge in [0.2, 0.25) is 0 Å². The van der Waals surface area contributed by atoms with E-state index in [2.05, 4.69) is 15.4 Å². The minimum Gasteiger partial charge on any atom is -0.490 e. The van der Waals surface area contributed by atoms with E-state index in [0.29, 0.717) is 11.3 Å². The molecule has 3 aliphatic rings. The summed E-state index contributed by atoms with van der Waals surface area (Å²) in [6.45, 7) is 3.09. The van der Waals surface area contributed by atoms with Gasteiger partial charge in [0.05, 0.1) is 5.71 Å². The van der Waals surface area contributed by atoms with E-state index in [1.54, 1.807) is 6.07 Å². The van der Waals surface area contributed by atoms with Crippen LogP contribution in [0.4, 0.5) is 4.39 Å². The number of nitrogens with zero attached hydrogens (tertiary/aromatic N) is 2. The Bertz CT molecular complexity index is 607. The van der Waals surface area contributed by atoms with Gasteiger partial charge in [0, 0.05) is 37.3 Å². The van der Waals surface area contributed by atoms with Crippen molar-refractivity contribution in [2.45, 2.75) is 57.1 Å². The summed E-state index contributed by atoms with van der Waals surface area (Å²) in [5.41, 5.74) is 4.35. The van der Waals surface area contributed by atoms with Crippen molar-refractivity contribution in [2.24, 2.45) is 5.10 Å². The predicted octanol–water partition coefficient (Wildman–Crippen LogP) is 3.31. The second-order valence-corrected chi connectivity index (χ2v) is 7.15. The molecule has 0 unspecified atom stereocenters. The molecule has 0 bridgehead atoms. The molecule has 0 atom stereocenters. The van der Waals surface area contributed by atoms with Gasteiger partial charge >= 0.3 is 0 Å². The molecule has 5 heteroatoms. The van der Waals surface area contributed by atoms with E-state index in [0.717, 1.165) is 57.1 Å². The molecule has 1 saturated carbocycles. The van der Waals surface area contributed by atoms with Crippen molar-refractivity contribution < 1.29 is 9.13 Å². The summed E-state index contributed by atoms with van der Waals surface area (Å²) < 4.78 is 20.4. The maximum atomic E-state index is 14.4. The summed E-state index contributed by atoms with van der Waals surface area (Å²) >= 11 is 0. The fourth-order valence-electron chi connectivity index (χ4n) is 3.84. The summed E-state index contributed by atoms with van der Waals surface area (Å²) in [7, 11) is 0. The zero-order chi connectivity index (χ0) is 16.4. The molecule has 4 nitrogen and oxygen atoms in total. The highest BCUT2D eigenvalue weighted by Crippen LogP contribution is 2.29. The van der Waals surface area contributed by atoms with Gasteiger partial charge in [-0.1, -0.05) is 6.42 Å². The highest BCUT2D eigenvalue weighted by atomic mass is 19.1. The van der Waals surface area contributed by atoms with Gasteiger partial charge in [0.15, 0.2) is 0 Å². The molecule has 1 N–H and O–H groups in total. The number of hydrogen-bond acceptors (Lipinski definition) is 4. The molecule has 2 heterocycles. The van der Waals surface area contributed by atoms with Crippen LogP contribution in [0.2, 0.25) is 0 Å². The number of piperidine rings is 1. The first-order chi connectivity index (χ1) is 11.8. The van der Waals surface area contributed by atoms with Crippen molar-refractivity contribution >= 4 is 5.71 Å². The number of hydrazone groups is 1. The molecule has 1 aromatic rings. The van der Waals surface area contributed by atoms with Crippen LogP contribution in [0.3, 0.4) is 0 Å². The Morgan fingerprint density at radius 1 is 1.12 bits per heavy atom. The normalized spacial score (nSPS) is 23.3. The van der Waals surface area contributed by atoms with Gasteiger partial charge in [-0.2, -0.15) is 5.10 Å². The Morgan fingerprint density at radius 2 is 1.96 bits per heavy atom. The van der Waals surface area contributed by atoms with Crippen LogP contribution in [0.25, 0.3) is 0 Å². The van der Waals surface area contributed by atoms with Gasteiger partial charge in [-0.3, -0.25) is 0 Å². The summed E-state index contributed by atoms with van der Waals surface area (Å²) in [4.78, 5) is 2.60. The van der Waals surface area contributed by atoms with E-state index in [4.69, 9.17) is 4.74 Å². The lowest BCUT2D eigenvalue weighted by atomic mass is 9.90. The predicted molar refractivity (Wildman–Crippen MR) is 93.0 cm³/mol. The number of likely N-dealkylation sites (tertiary alicyclic amines) is 1. The van der Waals surface area contributed by atoms with Crippen LogP contribution in [0.15, 0.2) is 23.3 Å². The topological polar surface area (TPSA) is 36.9 Å². The summed E-state index contributed by atoms with van der Waals surface area (Å²) in [5, 5.41) is 4.22. The third-order valence-electron chi connectivity index (χ3n) is 5.54. The van der Waals surface area contributed by atoms with Crippen LogP contribution in [0.1, 0.15) is 50.5 Å². The molecule has 4 rings (SSSR count). The maximum absolute atomic E-state index is 14.4. The molecular formula is C19H26FN3O. The number of rotatable bonds is 4. The lowest BCUT2D eigenvalue weighted by Gasteiger charge is -2.41. The van der Waals surface area contributed by atoms with Gasteiger partial charge in [0.1, 0.15) is 17.7 Å². The lowest BCUT2D eigenvalue weighted by molar-refractivity contribution is 0.0492. The highest BCUT2D eigenvalue weighted by Gasteiger charge is 2.29. The Labute approximate surface area is 143 Å². The van der Waals surface area contributed by atoms with Crippen molar-refractivity contribution in [2.75, 3.05) is 19.6 Å². The Kier molecular flexibility index (Phi) is 4.69. The summed E-state index contributed by atoms with van der Waals surface area (Å²) in [5.74, 6) is 0.407. The number of halogens is 1. The number of nitrogens with one attached hydrogen (secondary N) is 1. The quantitative estimate of drug-likeness (QED) is 0.920. The van der Waals surface area contributed by atoms with Gasteiger partial charge < -0.3 is 15.1 Å². The van der Waals surface area contributed by atoms with E-state index in [-0.39, 0.29) is 11.9 Å². The highest BCUT2D eigenvalue weighted by molar-refractivity contribution is 6.01. The van der Waals surface area contributed by atoms with Gasteiger partial charge in [-0.05, 0) is 50.7 Å². The van der Waals surface area contributed by atoms with E-state index >= 15 is 0 Å². The number of ether oxygens (including phenoxy) is 1. The fourth-order valence-corrected chi connectivity index (χ4v) is 3.84. The summed E-state index contributed by atoms with van der Waals surface area (Å²) in [6.07, 6.45) is 8.20. The summed E-state index contributed by atoms with van der Waals surface area (Å²) in [6, 6.07) is 6.02. The Hall–Kier alpha value is -1.62. The van der Waals surface area contributed by atoms with Crippen LogP contribution in [0, 0.1) is 5.82 Å². The monoisotopic (exact) mass is 331 g/mol. The van der Waals surface area contributed by atoms with Gasteiger partial charge in [-0.15, -0.1) is 0 Å². The van der Waals surface area contributed by atoms with E-state index in [1.807, 2.05) is 6.07 Å². The molecule has 0 radical (unpaired) electrons. The molecule has 2 fully saturated rings. The van der Waals surface area contributed by atoms with E-state index < -0.39 is 0 Å². The molecule has 130 valence electrons. The average molecular weight is 331 g/mol. The molecule has 2 aliphatic heterocycles. The largest absolute Gasteiger partial charge is 0.490 e. The number of hydrogen-bond donors (Lipinski definition) is 1. The first-order valence-electron chi connectivity index (χ1n) is 9.29. The third kappa shape index (κ3) is 3.41. The van der Waals surface area contributed by atoms with Gasteiger partial charge in [0.25, 0.3) is 0 Å². The van der Waals surface area contributed by atoms with Crippen molar-refractivity contribution in [1.82, 2.24) is 10.3 Å². The molecule has 1 aliphatic carbocycles. The zero-order valence-corrected chi connectivity index (χ0v) is 14.1. The molecule has 0 amide bonds. The second-order valence-electron chi connectivity index (χ2n) is 7.15. The number of benzene rings is 1. The standard InChI is InChI=1S/C19H26FN3O/c20-18-13-16(6-7-17(18)19-5-2-10-21-22-19)24-15-8-11-23(12-9-15)14-3-1-4-14/h6-7,13-15,21H,1-5,8-12H2. The molecule has 0 spiro atoms. The van der Waals surface area contributed by atoms with Crippen molar-refractivity contribution in [1.29, 1.82) is 0 Å². The first kappa shape index (κ1) is 15.9. The van der Waals surface area contributed by atoms with Crippen LogP contribution >= 0.6 is 0 Å². The minimum atomic E-state index is -0.234. The van der Waals surface area contributed by atoms with Crippen molar-refractivity contribution in [3.05, 3.63) is 29.6 Å². The Morgan fingerprint density at radius 3 is 2.58 bits per heavy atom. The lowest BCUT2D eigenvalue weighted by Crippen LogP contribution is -2.46. The van der Waals surface area contributed by atoms with Crippen molar-refractivity contribution in [3.8, 4) is 5.75 Å². The van der Waals surface area contributed by atoms with Gasteiger partial charge in [-0.25, -0.2) is 4.39 Å². The molecule has 1 saturated heterocycles. The van der Waals surface area contributed by atoms with Crippen LogP contribution in [0.5, 0.6) is 5.75 Å². The van der Waals surface area contributed by atoms with Crippen LogP contribution < -0.4 is 10.2 Å².